The van der Waals surface area contributed by atoms with Crippen molar-refractivity contribution in [1.29, 1.82) is 0 Å². The fraction of sp³-hybridized carbons (Fsp3) is 0.100. The number of nitrogens with zero attached hydrogens (tertiary/aromatic N) is 2. The molecule has 0 spiro atoms. The number of carboxylic acid groups (broad SMARTS) is 1. The second kappa shape index (κ2) is 3.83. The third-order valence-corrected chi connectivity index (χ3v) is 2.30. The molecule has 8 heteroatoms. The van der Waals surface area contributed by atoms with Crippen LogP contribution in [0.4, 0.5) is 13.2 Å². The summed E-state index contributed by atoms with van der Waals surface area (Å²) in [6.07, 6.45) is -3.79. The zero-order valence-corrected chi connectivity index (χ0v) is 8.60. The van der Waals surface area contributed by atoms with E-state index in [2.05, 4.69) is 4.98 Å². The van der Waals surface area contributed by atoms with E-state index in [4.69, 9.17) is 5.11 Å². The molecule has 5 nitrogen and oxygen atoms in total. The summed E-state index contributed by atoms with van der Waals surface area (Å²) in [5.41, 5.74) is -2.04. The summed E-state index contributed by atoms with van der Waals surface area (Å²) in [4.78, 5) is 25.1. The van der Waals surface area contributed by atoms with Crippen molar-refractivity contribution in [3.05, 3.63) is 35.3 Å². The van der Waals surface area contributed by atoms with Gasteiger partial charge in [0, 0.05) is 6.20 Å². The van der Waals surface area contributed by atoms with Crippen molar-refractivity contribution in [3.8, 4) is 0 Å². The molecule has 1 N–H and O–H groups in total. The van der Waals surface area contributed by atoms with Crippen molar-refractivity contribution in [1.82, 2.24) is 9.38 Å². The van der Waals surface area contributed by atoms with Crippen LogP contribution in [0.25, 0.3) is 5.65 Å². The van der Waals surface area contributed by atoms with E-state index >= 15 is 0 Å². The summed E-state index contributed by atoms with van der Waals surface area (Å²) >= 11 is 0. The molecule has 0 saturated carbocycles. The first-order valence-corrected chi connectivity index (χ1v) is 4.62. The molecule has 2 heterocycles. The average molecular weight is 258 g/mol. The number of aromatic carboxylic acids is 1. The van der Waals surface area contributed by atoms with E-state index in [-0.39, 0.29) is 11.9 Å². The van der Waals surface area contributed by atoms with Crippen molar-refractivity contribution in [2.45, 2.75) is 6.18 Å². The molecular formula is C10H5F3N2O3. The first kappa shape index (κ1) is 12.1. The van der Waals surface area contributed by atoms with Crippen LogP contribution >= 0.6 is 0 Å². The number of hydrogen-bond acceptors (Lipinski definition) is 3. The number of halogens is 3. The van der Waals surface area contributed by atoms with Crippen LogP contribution in [-0.4, -0.2) is 26.7 Å². The first-order valence-electron chi connectivity index (χ1n) is 4.62. The van der Waals surface area contributed by atoms with Crippen molar-refractivity contribution in [2.24, 2.45) is 0 Å². The van der Waals surface area contributed by atoms with Gasteiger partial charge in [-0.25, -0.2) is 9.78 Å². The Morgan fingerprint density at radius 2 is 2.06 bits per heavy atom. The lowest BCUT2D eigenvalue weighted by molar-refractivity contribution is -0.137. The van der Waals surface area contributed by atoms with Gasteiger partial charge in [-0.1, -0.05) is 0 Å². The summed E-state index contributed by atoms with van der Waals surface area (Å²) in [5.74, 6) is -1.48. The third-order valence-electron chi connectivity index (χ3n) is 2.30. The Bertz CT molecular complexity index is 646. The van der Waals surface area contributed by atoms with Crippen LogP contribution in [0.15, 0.2) is 18.3 Å². The molecular weight excluding hydrogens is 253 g/mol. The van der Waals surface area contributed by atoms with E-state index in [0.717, 1.165) is 16.5 Å². The number of fused-ring (bicyclic) bond motifs is 1. The summed E-state index contributed by atoms with van der Waals surface area (Å²) < 4.78 is 38.2. The summed E-state index contributed by atoms with van der Waals surface area (Å²) in [6.45, 7) is 0. The fourth-order valence-electron chi connectivity index (χ4n) is 1.50. The zero-order valence-electron chi connectivity index (χ0n) is 8.60. The largest absolute Gasteiger partial charge is 0.476 e. The maximum absolute atomic E-state index is 12.5. The van der Waals surface area contributed by atoms with Crippen LogP contribution < -0.4 is 0 Å². The van der Waals surface area contributed by atoms with E-state index in [1.54, 1.807) is 0 Å². The number of carbonyl (C=O) groups is 2. The van der Waals surface area contributed by atoms with Gasteiger partial charge in [0.05, 0.1) is 5.56 Å². The number of pyridine rings is 1. The monoisotopic (exact) mass is 258 g/mol. The zero-order chi connectivity index (χ0) is 13.5. The number of alkyl halides is 3. The molecule has 18 heavy (non-hydrogen) atoms. The molecule has 0 amide bonds. The molecule has 0 aliphatic heterocycles. The molecule has 0 atom stereocenters. The standard InChI is InChI=1S/C10H5F3N2O3/c11-10(12,13)5-1-2-7-14-8(9(17)18)6(4-16)15(7)3-5/h1-4H,(H,17,18). The van der Waals surface area contributed by atoms with Crippen molar-refractivity contribution >= 4 is 17.9 Å². The highest BCUT2D eigenvalue weighted by molar-refractivity contribution is 5.95. The quantitative estimate of drug-likeness (QED) is 0.834. The number of aromatic nitrogens is 2. The molecule has 0 saturated heterocycles. The molecule has 0 radical (unpaired) electrons. The highest BCUT2D eigenvalue weighted by Crippen LogP contribution is 2.29. The summed E-state index contributed by atoms with van der Waals surface area (Å²) in [5, 5.41) is 8.77. The Morgan fingerprint density at radius 3 is 2.56 bits per heavy atom. The number of imidazole rings is 1. The molecule has 0 aliphatic rings. The number of carbonyl (C=O) groups excluding carboxylic acids is 1. The van der Waals surface area contributed by atoms with Crippen molar-refractivity contribution in [2.75, 3.05) is 0 Å². The van der Waals surface area contributed by atoms with Crippen LogP contribution in [0, 0.1) is 0 Å². The van der Waals surface area contributed by atoms with Crippen LogP contribution in [-0.2, 0) is 6.18 Å². The van der Waals surface area contributed by atoms with E-state index in [0.29, 0.717) is 6.20 Å². The lowest BCUT2D eigenvalue weighted by Crippen LogP contribution is -2.07. The normalized spacial score (nSPS) is 11.7. The van der Waals surface area contributed by atoms with Crippen LogP contribution in [0.5, 0.6) is 0 Å². The Labute approximate surface area is 97.5 Å². The maximum atomic E-state index is 12.5. The molecule has 2 rings (SSSR count). The first-order chi connectivity index (χ1) is 8.34. The van der Waals surface area contributed by atoms with Gasteiger partial charge in [0.15, 0.2) is 12.0 Å². The van der Waals surface area contributed by atoms with Crippen molar-refractivity contribution < 1.29 is 27.9 Å². The van der Waals surface area contributed by atoms with Gasteiger partial charge in [-0.3, -0.25) is 9.20 Å². The maximum Gasteiger partial charge on any atom is 0.417 e. The lowest BCUT2D eigenvalue weighted by Gasteiger charge is -2.06. The van der Waals surface area contributed by atoms with Crippen molar-refractivity contribution in [3.63, 3.8) is 0 Å². The molecule has 2 aromatic heterocycles. The van der Waals surface area contributed by atoms with Gasteiger partial charge in [-0.05, 0) is 12.1 Å². The average Bonchev–Trinajstić information content (AvgIpc) is 2.65. The molecule has 0 fully saturated rings. The molecule has 0 bridgehead atoms. The van der Waals surface area contributed by atoms with E-state index < -0.39 is 29.1 Å². The minimum Gasteiger partial charge on any atom is -0.476 e. The second-order valence-corrected chi connectivity index (χ2v) is 3.41. The number of aldehydes is 1. The lowest BCUT2D eigenvalue weighted by atomic mass is 10.2. The topological polar surface area (TPSA) is 71.7 Å². The predicted molar refractivity (Wildman–Crippen MR) is 52.5 cm³/mol. The minimum atomic E-state index is -4.58. The van der Waals surface area contributed by atoms with E-state index in [1.165, 1.54) is 0 Å². The van der Waals surface area contributed by atoms with Gasteiger partial charge in [-0.15, -0.1) is 0 Å². The van der Waals surface area contributed by atoms with Gasteiger partial charge in [0.1, 0.15) is 11.3 Å². The molecule has 0 aliphatic carbocycles. The summed E-state index contributed by atoms with van der Waals surface area (Å²) in [7, 11) is 0. The Balaban J connectivity index is 2.76. The number of hydrogen-bond donors (Lipinski definition) is 1. The van der Waals surface area contributed by atoms with Gasteiger partial charge in [-0.2, -0.15) is 13.2 Å². The van der Waals surface area contributed by atoms with Gasteiger partial charge >= 0.3 is 12.1 Å². The highest BCUT2D eigenvalue weighted by Gasteiger charge is 2.31. The SMILES string of the molecule is O=Cc1c(C(=O)O)nc2ccc(C(F)(F)F)cn12. The molecule has 94 valence electrons. The van der Waals surface area contributed by atoms with Crippen LogP contribution in [0.3, 0.4) is 0 Å². The molecule has 0 aromatic carbocycles. The van der Waals surface area contributed by atoms with E-state index in [9.17, 15) is 22.8 Å². The van der Waals surface area contributed by atoms with Gasteiger partial charge in [0.2, 0.25) is 0 Å². The highest BCUT2D eigenvalue weighted by atomic mass is 19.4. The van der Waals surface area contributed by atoms with Gasteiger partial charge in [0.25, 0.3) is 0 Å². The number of carboxylic acids is 1. The fourth-order valence-corrected chi connectivity index (χ4v) is 1.50. The number of rotatable bonds is 2. The van der Waals surface area contributed by atoms with Gasteiger partial charge < -0.3 is 5.11 Å². The Morgan fingerprint density at radius 1 is 1.39 bits per heavy atom. The van der Waals surface area contributed by atoms with Crippen LogP contribution in [0.2, 0.25) is 0 Å². The Kier molecular flexibility index (Phi) is 2.57. The minimum absolute atomic E-state index is 0.0394. The predicted octanol–water partition coefficient (Wildman–Crippen LogP) is 1.86. The second-order valence-electron chi connectivity index (χ2n) is 3.41. The Hall–Kier alpha value is -2.38. The third kappa shape index (κ3) is 1.81. The molecule has 0 unspecified atom stereocenters. The summed E-state index contributed by atoms with van der Waals surface area (Å²) in [6, 6.07) is 1.77. The van der Waals surface area contributed by atoms with Crippen LogP contribution in [0.1, 0.15) is 26.5 Å². The smallest absolute Gasteiger partial charge is 0.417 e. The molecule has 2 aromatic rings. The van der Waals surface area contributed by atoms with E-state index in [1.807, 2.05) is 0 Å².